The van der Waals surface area contributed by atoms with Crippen LogP contribution in [0.5, 0.6) is 0 Å². The van der Waals surface area contributed by atoms with E-state index in [1.165, 1.54) is 0 Å². The third-order valence-corrected chi connectivity index (χ3v) is 3.35. The molecule has 6 heteroatoms. The van der Waals surface area contributed by atoms with Gasteiger partial charge in [-0.1, -0.05) is 0 Å². The second kappa shape index (κ2) is 6.56. The Bertz CT molecular complexity index is 407. The second-order valence-corrected chi connectivity index (χ2v) is 4.93. The highest BCUT2D eigenvalue weighted by molar-refractivity contribution is 5.92. The van der Waals surface area contributed by atoms with Gasteiger partial charge in [-0.15, -0.1) is 0 Å². The molecule has 0 atom stereocenters. The van der Waals surface area contributed by atoms with E-state index in [-0.39, 0.29) is 12.5 Å². The van der Waals surface area contributed by atoms with E-state index in [0.717, 1.165) is 44.7 Å². The number of aromatic nitrogens is 2. The van der Waals surface area contributed by atoms with Crippen molar-refractivity contribution < 1.29 is 9.90 Å². The van der Waals surface area contributed by atoms with Gasteiger partial charge in [-0.05, 0) is 25.7 Å². The summed E-state index contributed by atoms with van der Waals surface area (Å²) in [4.78, 5) is 18.2. The molecule has 1 aromatic heterocycles. The number of rotatable bonds is 6. The van der Waals surface area contributed by atoms with Crippen LogP contribution in [0.4, 0.5) is 5.95 Å². The maximum absolute atomic E-state index is 12.2. The lowest BCUT2D eigenvalue weighted by molar-refractivity contribution is 0.0787. The van der Waals surface area contributed by atoms with Crippen LogP contribution in [0, 0.1) is 0 Å². The number of carbonyl (C=O) groups excluding carboxylic acids is 1. The summed E-state index contributed by atoms with van der Waals surface area (Å²) in [6.45, 7) is 2.76. The van der Waals surface area contributed by atoms with Gasteiger partial charge in [-0.3, -0.25) is 4.79 Å². The number of imidazole rings is 1. The minimum absolute atomic E-state index is 0.0345. The maximum Gasteiger partial charge on any atom is 0.273 e. The Morgan fingerprint density at radius 2 is 2.37 bits per heavy atom. The lowest BCUT2D eigenvalue weighted by Crippen LogP contribution is -2.28. The van der Waals surface area contributed by atoms with Gasteiger partial charge in [0, 0.05) is 39.5 Å². The van der Waals surface area contributed by atoms with Crippen molar-refractivity contribution in [1.82, 2.24) is 14.5 Å². The predicted molar refractivity (Wildman–Crippen MR) is 73.2 cm³/mol. The predicted octanol–water partition coefficient (Wildman–Crippen LogP) is 0.933. The Hall–Kier alpha value is -1.56. The topological polar surface area (TPSA) is 70.4 Å². The van der Waals surface area contributed by atoms with Gasteiger partial charge in [-0.2, -0.15) is 0 Å². The van der Waals surface area contributed by atoms with Crippen LogP contribution in [0.1, 0.15) is 36.2 Å². The first-order valence-electron chi connectivity index (χ1n) is 6.89. The first kappa shape index (κ1) is 13.9. The van der Waals surface area contributed by atoms with Crippen LogP contribution in [0.3, 0.4) is 0 Å². The molecule has 0 radical (unpaired) electrons. The molecule has 0 bridgehead atoms. The third-order valence-electron chi connectivity index (χ3n) is 3.35. The van der Waals surface area contributed by atoms with Gasteiger partial charge in [0.25, 0.3) is 5.91 Å². The molecular formula is C13H22N4O2. The van der Waals surface area contributed by atoms with Crippen LogP contribution in [0.15, 0.2) is 6.20 Å². The first-order chi connectivity index (χ1) is 9.22. The molecule has 6 nitrogen and oxygen atoms in total. The number of aryl methyl sites for hydroxylation is 1. The van der Waals surface area contributed by atoms with Crippen molar-refractivity contribution in [2.24, 2.45) is 0 Å². The van der Waals surface area contributed by atoms with Gasteiger partial charge in [0.15, 0.2) is 0 Å². The third kappa shape index (κ3) is 3.47. The molecule has 0 saturated carbocycles. The highest BCUT2D eigenvalue weighted by Gasteiger charge is 2.18. The van der Waals surface area contributed by atoms with Crippen LogP contribution in [0.25, 0.3) is 0 Å². The number of carbonyl (C=O) groups is 1. The number of aliphatic hydroxyl groups excluding tert-OH is 1. The zero-order valence-electron chi connectivity index (χ0n) is 11.4. The van der Waals surface area contributed by atoms with E-state index in [2.05, 4.69) is 10.3 Å². The van der Waals surface area contributed by atoms with Crippen LogP contribution < -0.4 is 5.32 Å². The van der Waals surface area contributed by atoms with E-state index in [1.807, 2.05) is 10.8 Å². The van der Waals surface area contributed by atoms with E-state index in [1.54, 1.807) is 11.9 Å². The molecule has 2 heterocycles. The molecule has 0 fully saturated rings. The van der Waals surface area contributed by atoms with Crippen LogP contribution in [0.2, 0.25) is 0 Å². The smallest absolute Gasteiger partial charge is 0.273 e. The number of anilines is 1. The number of unbranched alkanes of at least 4 members (excludes halogenated alkanes) is 2. The standard InChI is InChI=1S/C13H22N4O2/c1-16(7-3-2-4-9-18)12(19)11-10-17-8-5-6-14-13(17)15-11/h10,18H,2-9H2,1H3,(H,14,15). The number of fused-ring (bicyclic) bond motifs is 1. The van der Waals surface area contributed by atoms with Gasteiger partial charge in [0.1, 0.15) is 5.69 Å². The average molecular weight is 266 g/mol. The minimum atomic E-state index is -0.0345. The number of hydrogen-bond acceptors (Lipinski definition) is 4. The molecule has 2 rings (SSSR count). The Kier molecular flexibility index (Phi) is 4.79. The SMILES string of the molecule is CN(CCCCCO)C(=O)c1cn2c(n1)NCCC2. The van der Waals surface area contributed by atoms with E-state index in [4.69, 9.17) is 5.11 Å². The summed E-state index contributed by atoms with van der Waals surface area (Å²) < 4.78 is 2.00. The van der Waals surface area contributed by atoms with Crippen molar-refractivity contribution in [3.8, 4) is 0 Å². The number of aliphatic hydroxyl groups is 1. The van der Waals surface area contributed by atoms with Crippen molar-refractivity contribution in [2.75, 3.05) is 32.1 Å². The van der Waals surface area contributed by atoms with Gasteiger partial charge in [0.2, 0.25) is 5.95 Å². The highest BCUT2D eigenvalue weighted by atomic mass is 16.2. The fraction of sp³-hybridized carbons (Fsp3) is 0.692. The van der Waals surface area contributed by atoms with Crippen molar-refractivity contribution in [2.45, 2.75) is 32.2 Å². The molecule has 2 N–H and O–H groups in total. The first-order valence-corrected chi connectivity index (χ1v) is 6.89. The van der Waals surface area contributed by atoms with E-state index < -0.39 is 0 Å². The fourth-order valence-electron chi connectivity index (χ4n) is 2.21. The summed E-state index contributed by atoms with van der Waals surface area (Å²) in [7, 11) is 1.80. The summed E-state index contributed by atoms with van der Waals surface area (Å²) >= 11 is 0. The van der Waals surface area contributed by atoms with Crippen molar-refractivity contribution in [1.29, 1.82) is 0 Å². The normalized spacial score (nSPS) is 13.8. The van der Waals surface area contributed by atoms with Crippen LogP contribution in [-0.4, -0.2) is 52.2 Å². The lowest BCUT2D eigenvalue weighted by atomic mass is 10.2. The lowest BCUT2D eigenvalue weighted by Gasteiger charge is -2.15. The van der Waals surface area contributed by atoms with E-state index >= 15 is 0 Å². The molecule has 1 aromatic rings. The molecule has 0 aliphatic carbocycles. The molecular weight excluding hydrogens is 244 g/mol. The zero-order valence-corrected chi connectivity index (χ0v) is 11.4. The average Bonchev–Trinajstić information content (AvgIpc) is 2.86. The van der Waals surface area contributed by atoms with Gasteiger partial charge in [-0.25, -0.2) is 4.98 Å². The van der Waals surface area contributed by atoms with Crippen LogP contribution >= 0.6 is 0 Å². The minimum Gasteiger partial charge on any atom is -0.396 e. The summed E-state index contributed by atoms with van der Waals surface area (Å²) in [5.74, 6) is 0.760. The van der Waals surface area contributed by atoms with Gasteiger partial charge in [0.05, 0.1) is 0 Å². The fourth-order valence-corrected chi connectivity index (χ4v) is 2.21. The molecule has 1 aliphatic heterocycles. The quantitative estimate of drug-likeness (QED) is 0.752. The largest absolute Gasteiger partial charge is 0.396 e. The molecule has 0 unspecified atom stereocenters. The van der Waals surface area contributed by atoms with Gasteiger partial charge >= 0.3 is 0 Å². The summed E-state index contributed by atoms with van der Waals surface area (Å²) in [6, 6.07) is 0. The molecule has 1 aliphatic rings. The number of hydrogen-bond donors (Lipinski definition) is 2. The Morgan fingerprint density at radius 3 is 3.11 bits per heavy atom. The zero-order chi connectivity index (χ0) is 13.7. The molecule has 0 aromatic carbocycles. The second-order valence-electron chi connectivity index (χ2n) is 4.93. The number of amides is 1. The Labute approximate surface area is 113 Å². The van der Waals surface area contributed by atoms with Crippen LogP contribution in [-0.2, 0) is 6.54 Å². The summed E-state index contributed by atoms with van der Waals surface area (Å²) in [6.07, 6.45) is 5.54. The summed E-state index contributed by atoms with van der Waals surface area (Å²) in [5.41, 5.74) is 0.508. The van der Waals surface area contributed by atoms with Crippen molar-refractivity contribution in [3.63, 3.8) is 0 Å². The van der Waals surface area contributed by atoms with Crippen molar-refractivity contribution >= 4 is 11.9 Å². The van der Waals surface area contributed by atoms with E-state index in [0.29, 0.717) is 12.2 Å². The number of nitrogens with zero attached hydrogens (tertiary/aromatic N) is 3. The number of nitrogens with one attached hydrogen (secondary N) is 1. The monoisotopic (exact) mass is 266 g/mol. The summed E-state index contributed by atoms with van der Waals surface area (Å²) in [5, 5.41) is 11.9. The Balaban J connectivity index is 1.89. The molecule has 19 heavy (non-hydrogen) atoms. The molecule has 0 saturated heterocycles. The van der Waals surface area contributed by atoms with Gasteiger partial charge < -0.3 is 19.9 Å². The maximum atomic E-state index is 12.2. The Morgan fingerprint density at radius 1 is 1.53 bits per heavy atom. The molecule has 106 valence electrons. The molecule has 1 amide bonds. The highest BCUT2D eigenvalue weighted by Crippen LogP contribution is 2.15. The van der Waals surface area contributed by atoms with Crippen molar-refractivity contribution in [3.05, 3.63) is 11.9 Å². The van der Waals surface area contributed by atoms with E-state index in [9.17, 15) is 4.79 Å². The molecule has 0 spiro atoms.